The van der Waals surface area contributed by atoms with E-state index in [1.165, 1.54) is 0 Å². The summed E-state index contributed by atoms with van der Waals surface area (Å²) in [5, 5.41) is 0. The number of anilines is 1. The Morgan fingerprint density at radius 2 is 2.00 bits per heavy atom. The molecule has 0 radical (unpaired) electrons. The monoisotopic (exact) mass is 317 g/mol. The summed E-state index contributed by atoms with van der Waals surface area (Å²) >= 11 is 0. The highest BCUT2D eigenvalue weighted by Crippen LogP contribution is 2.24. The van der Waals surface area contributed by atoms with E-state index < -0.39 is 11.9 Å². The fourth-order valence-corrected chi connectivity index (χ4v) is 2.73. The molecule has 1 atom stereocenters. The number of imidazole rings is 1. The van der Waals surface area contributed by atoms with E-state index in [9.17, 15) is 9.59 Å². The maximum absolute atomic E-state index is 12.5. The van der Waals surface area contributed by atoms with E-state index in [4.69, 9.17) is 16.2 Å². The predicted molar refractivity (Wildman–Crippen MR) is 84.8 cm³/mol. The fourth-order valence-electron chi connectivity index (χ4n) is 2.73. The number of carbonyl (C=O) groups is 2. The Balaban J connectivity index is 1.97. The van der Waals surface area contributed by atoms with Crippen molar-refractivity contribution in [1.29, 1.82) is 0 Å². The Morgan fingerprint density at radius 3 is 2.65 bits per heavy atom. The van der Waals surface area contributed by atoms with Crippen LogP contribution in [0.1, 0.15) is 23.3 Å². The summed E-state index contributed by atoms with van der Waals surface area (Å²) in [5.41, 5.74) is 13.0. The number of primary amides is 1. The first-order valence-corrected chi connectivity index (χ1v) is 7.43. The van der Waals surface area contributed by atoms with Gasteiger partial charge in [-0.05, 0) is 25.1 Å². The maximum Gasteiger partial charge on any atom is 0.254 e. The predicted octanol–water partition coefficient (Wildman–Crippen LogP) is 0.137. The minimum Gasteiger partial charge on any atom is -0.378 e. The number of ether oxygens (including phenoxy) is 1. The third kappa shape index (κ3) is 2.72. The average molecular weight is 317 g/mol. The molecule has 0 unspecified atom stereocenters. The van der Waals surface area contributed by atoms with Crippen LogP contribution in [0.4, 0.5) is 5.95 Å². The van der Waals surface area contributed by atoms with Crippen molar-refractivity contribution in [2.75, 3.05) is 32.0 Å². The molecule has 2 aromatic rings. The zero-order valence-electron chi connectivity index (χ0n) is 12.9. The molecule has 4 N–H and O–H groups in total. The molecule has 1 aromatic heterocycles. The fraction of sp³-hybridized carbons (Fsp3) is 0.400. The molecule has 2 heterocycles. The molecule has 1 aromatic carbocycles. The standard InChI is InChI=1S/C15H19N5O3/c1-9(13(16)21)20-12-3-2-10(8-11(12)18-15(20)17)14(22)19-4-6-23-7-5-19/h2-3,8-9H,4-7H2,1H3,(H2,16,21)(H2,17,18)/t9-/m0/s1. The lowest BCUT2D eigenvalue weighted by Gasteiger charge is -2.26. The molecular formula is C15H19N5O3. The molecule has 2 amide bonds. The first kappa shape index (κ1) is 15.3. The number of carbonyl (C=O) groups excluding carboxylic acids is 2. The maximum atomic E-state index is 12.5. The lowest BCUT2D eigenvalue weighted by molar-refractivity contribution is -0.120. The van der Waals surface area contributed by atoms with Crippen molar-refractivity contribution in [3.8, 4) is 0 Å². The molecule has 3 rings (SSSR count). The number of nitrogens with two attached hydrogens (primary N) is 2. The molecule has 1 saturated heterocycles. The van der Waals surface area contributed by atoms with Gasteiger partial charge in [-0.1, -0.05) is 0 Å². The number of hydrogen-bond donors (Lipinski definition) is 2. The van der Waals surface area contributed by atoms with Crippen LogP contribution in [0.2, 0.25) is 0 Å². The average Bonchev–Trinajstić information content (AvgIpc) is 2.88. The number of rotatable bonds is 3. The second-order valence-corrected chi connectivity index (χ2v) is 5.53. The Hall–Kier alpha value is -2.61. The van der Waals surface area contributed by atoms with Crippen molar-refractivity contribution >= 4 is 28.8 Å². The number of amides is 2. The summed E-state index contributed by atoms with van der Waals surface area (Å²) in [5.74, 6) is -0.363. The third-order valence-corrected chi connectivity index (χ3v) is 4.06. The van der Waals surface area contributed by atoms with Crippen molar-refractivity contribution in [2.24, 2.45) is 5.73 Å². The first-order valence-electron chi connectivity index (χ1n) is 7.43. The number of morpholine rings is 1. The van der Waals surface area contributed by atoms with Crippen molar-refractivity contribution < 1.29 is 14.3 Å². The molecule has 1 fully saturated rings. The minimum atomic E-state index is -0.610. The summed E-state index contributed by atoms with van der Waals surface area (Å²) in [6.45, 7) is 3.91. The molecular weight excluding hydrogens is 298 g/mol. The number of benzene rings is 1. The largest absolute Gasteiger partial charge is 0.378 e. The number of aromatic nitrogens is 2. The SMILES string of the molecule is C[C@@H](C(N)=O)n1c(N)nc2cc(C(=O)N3CCOCC3)ccc21. The van der Waals surface area contributed by atoms with Crippen molar-refractivity contribution in [1.82, 2.24) is 14.5 Å². The van der Waals surface area contributed by atoms with Gasteiger partial charge in [0, 0.05) is 18.7 Å². The lowest BCUT2D eigenvalue weighted by Crippen LogP contribution is -2.40. The zero-order valence-corrected chi connectivity index (χ0v) is 12.9. The molecule has 8 nitrogen and oxygen atoms in total. The second-order valence-electron chi connectivity index (χ2n) is 5.53. The van der Waals surface area contributed by atoms with Gasteiger partial charge in [-0.2, -0.15) is 0 Å². The van der Waals surface area contributed by atoms with Gasteiger partial charge in [-0.15, -0.1) is 0 Å². The van der Waals surface area contributed by atoms with Crippen molar-refractivity contribution in [3.63, 3.8) is 0 Å². The smallest absolute Gasteiger partial charge is 0.254 e. The van der Waals surface area contributed by atoms with Gasteiger partial charge in [0.05, 0.1) is 24.2 Å². The zero-order chi connectivity index (χ0) is 16.6. The van der Waals surface area contributed by atoms with Gasteiger partial charge in [0.1, 0.15) is 6.04 Å². The Bertz CT molecular complexity index is 764. The quantitative estimate of drug-likeness (QED) is 0.835. The van der Waals surface area contributed by atoms with Crippen LogP contribution in [0, 0.1) is 0 Å². The van der Waals surface area contributed by atoms with Gasteiger partial charge in [-0.3, -0.25) is 14.2 Å². The van der Waals surface area contributed by atoms with Crippen LogP contribution in [0.3, 0.4) is 0 Å². The topological polar surface area (TPSA) is 116 Å². The number of fused-ring (bicyclic) bond motifs is 1. The lowest BCUT2D eigenvalue weighted by atomic mass is 10.1. The van der Waals surface area contributed by atoms with Crippen LogP contribution in [-0.4, -0.2) is 52.6 Å². The van der Waals surface area contributed by atoms with E-state index in [1.807, 2.05) is 0 Å². The first-order chi connectivity index (χ1) is 11.0. The molecule has 0 bridgehead atoms. The van der Waals surface area contributed by atoms with Crippen LogP contribution in [-0.2, 0) is 9.53 Å². The van der Waals surface area contributed by atoms with E-state index in [0.717, 1.165) is 0 Å². The van der Waals surface area contributed by atoms with Crippen LogP contribution in [0.5, 0.6) is 0 Å². The summed E-state index contributed by atoms with van der Waals surface area (Å²) in [6.07, 6.45) is 0. The van der Waals surface area contributed by atoms with E-state index in [1.54, 1.807) is 34.6 Å². The highest BCUT2D eigenvalue weighted by molar-refractivity contribution is 5.98. The minimum absolute atomic E-state index is 0.0636. The van der Waals surface area contributed by atoms with E-state index in [-0.39, 0.29) is 11.9 Å². The van der Waals surface area contributed by atoms with Crippen LogP contribution in [0.25, 0.3) is 11.0 Å². The normalized spacial score (nSPS) is 16.5. The van der Waals surface area contributed by atoms with Gasteiger partial charge in [0.25, 0.3) is 5.91 Å². The van der Waals surface area contributed by atoms with E-state index >= 15 is 0 Å². The Labute approximate surface area is 133 Å². The number of nitrogens with zero attached hydrogens (tertiary/aromatic N) is 3. The van der Waals surface area contributed by atoms with Gasteiger partial charge in [0.15, 0.2) is 0 Å². The number of nitrogen functional groups attached to an aromatic ring is 1. The Morgan fingerprint density at radius 1 is 1.30 bits per heavy atom. The van der Waals surface area contributed by atoms with Gasteiger partial charge < -0.3 is 21.1 Å². The van der Waals surface area contributed by atoms with Crippen molar-refractivity contribution in [2.45, 2.75) is 13.0 Å². The Kier molecular flexibility index (Phi) is 3.91. The van der Waals surface area contributed by atoms with Gasteiger partial charge >= 0.3 is 0 Å². The van der Waals surface area contributed by atoms with Crippen molar-refractivity contribution in [3.05, 3.63) is 23.8 Å². The molecule has 8 heteroatoms. The van der Waals surface area contributed by atoms with Crippen LogP contribution in [0.15, 0.2) is 18.2 Å². The molecule has 1 aliphatic rings. The molecule has 1 aliphatic heterocycles. The molecule has 0 aliphatic carbocycles. The third-order valence-electron chi connectivity index (χ3n) is 4.06. The van der Waals surface area contributed by atoms with E-state index in [0.29, 0.717) is 42.9 Å². The highest BCUT2D eigenvalue weighted by atomic mass is 16.5. The van der Waals surface area contributed by atoms with Gasteiger partial charge in [0.2, 0.25) is 11.9 Å². The molecule has 122 valence electrons. The van der Waals surface area contributed by atoms with E-state index in [2.05, 4.69) is 4.98 Å². The summed E-state index contributed by atoms with van der Waals surface area (Å²) in [4.78, 5) is 29.9. The highest BCUT2D eigenvalue weighted by Gasteiger charge is 2.22. The molecule has 0 saturated carbocycles. The molecule has 23 heavy (non-hydrogen) atoms. The number of hydrogen-bond acceptors (Lipinski definition) is 5. The summed E-state index contributed by atoms with van der Waals surface area (Å²) in [7, 11) is 0. The van der Waals surface area contributed by atoms with Crippen LogP contribution >= 0.6 is 0 Å². The summed E-state index contributed by atoms with van der Waals surface area (Å²) in [6, 6.07) is 4.53. The summed E-state index contributed by atoms with van der Waals surface area (Å²) < 4.78 is 6.82. The van der Waals surface area contributed by atoms with Gasteiger partial charge in [-0.25, -0.2) is 4.98 Å². The second kappa shape index (κ2) is 5.88. The van der Waals surface area contributed by atoms with Crippen LogP contribution < -0.4 is 11.5 Å². The molecule has 0 spiro atoms.